The van der Waals surface area contributed by atoms with E-state index in [1.54, 1.807) is 6.08 Å². The van der Waals surface area contributed by atoms with Gasteiger partial charge in [-0.1, -0.05) is 43.2 Å². The highest BCUT2D eigenvalue weighted by molar-refractivity contribution is 6.20. The molecule has 0 N–H and O–H groups in total. The minimum absolute atomic E-state index is 0.341. The maximum atomic E-state index is 6.01. The monoisotopic (exact) mass is 220 g/mol. The van der Waals surface area contributed by atoms with Gasteiger partial charge in [0.25, 0.3) is 0 Å². The number of rotatable bonds is 3. The summed E-state index contributed by atoms with van der Waals surface area (Å²) in [6, 6.07) is 0. The molecule has 0 bridgehead atoms. The summed E-state index contributed by atoms with van der Waals surface area (Å²) in [6.45, 7) is 7.51. The Balaban J connectivity index is 2.30. The van der Waals surface area contributed by atoms with Gasteiger partial charge in [0.2, 0.25) is 0 Å². The van der Waals surface area contributed by atoms with Gasteiger partial charge in [-0.25, -0.2) is 0 Å². The van der Waals surface area contributed by atoms with Crippen LogP contribution in [0.25, 0.3) is 0 Å². The molecule has 1 aliphatic rings. The minimum Gasteiger partial charge on any atom is -0.123 e. The van der Waals surface area contributed by atoms with Gasteiger partial charge in [-0.05, 0) is 24.8 Å². The smallest absolute Gasteiger partial charge is 0.0348 e. The largest absolute Gasteiger partial charge is 0.123 e. The Morgan fingerprint density at radius 1 is 1.47 bits per heavy atom. The van der Waals surface area contributed by atoms with Crippen LogP contribution in [-0.2, 0) is 0 Å². The standard InChI is InChI=1S/C14H17Cl/c1-3-4-6-12(2)7-5-8-13-9-10-14(15)11-13/h3-4,6,13-14H,1-2,7,9-11H2/b6-4-. The summed E-state index contributed by atoms with van der Waals surface area (Å²) in [4.78, 5) is 0. The van der Waals surface area contributed by atoms with Crippen molar-refractivity contribution in [3.63, 3.8) is 0 Å². The lowest BCUT2D eigenvalue weighted by Crippen LogP contribution is -1.91. The van der Waals surface area contributed by atoms with E-state index in [2.05, 4.69) is 25.0 Å². The first-order valence-electron chi connectivity index (χ1n) is 5.31. The molecule has 0 aromatic carbocycles. The highest BCUT2D eigenvalue weighted by atomic mass is 35.5. The maximum Gasteiger partial charge on any atom is 0.0348 e. The topological polar surface area (TPSA) is 0 Å². The van der Waals surface area contributed by atoms with E-state index in [1.807, 2.05) is 12.2 Å². The second-order valence-electron chi connectivity index (χ2n) is 3.86. The lowest BCUT2D eigenvalue weighted by molar-refractivity contribution is 0.712. The average molecular weight is 221 g/mol. The van der Waals surface area contributed by atoms with Crippen LogP contribution in [0.2, 0.25) is 0 Å². The van der Waals surface area contributed by atoms with Gasteiger partial charge < -0.3 is 0 Å². The van der Waals surface area contributed by atoms with Crippen LogP contribution in [0.4, 0.5) is 0 Å². The fraction of sp³-hybridized carbons (Fsp3) is 0.429. The van der Waals surface area contributed by atoms with Crippen molar-refractivity contribution < 1.29 is 0 Å². The number of alkyl halides is 1. The normalized spacial score (nSPS) is 24.9. The van der Waals surface area contributed by atoms with Crippen molar-refractivity contribution >= 4 is 11.6 Å². The molecular formula is C14H17Cl. The average Bonchev–Trinajstić information content (AvgIpc) is 2.61. The molecule has 2 unspecified atom stereocenters. The molecule has 1 heteroatoms. The van der Waals surface area contributed by atoms with Crippen LogP contribution in [0.5, 0.6) is 0 Å². The van der Waals surface area contributed by atoms with E-state index in [1.165, 1.54) is 0 Å². The quantitative estimate of drug-likeness (QED) is 0.382. The Morgan fingerprint density at radius 2 is 2.27 bits per heavy atom. The van der Waals surface area contributed by atoms with Crippen LogP contribution in [0.15, 0.2) is 37.0 Å². The van der Waals surface area contributed by atoms with Gasteiger partial charge in [0, 0.05) is 17.7 Å². The molecule has 1 saturated carbocycles. The fourth-order valence-electron chi connectivity index (χ4n) is 1.63. The summed E-state index contributed by atoms with van der Waals surface area (Å²) in [6.07, 6.45) is 9.62. The van der Waals surface area contributed by atoms with Crippen LogP contribution in [-0.4, -0.2) is 5.38 Å². The van der Waals surface area contributed by atoms with E-state index in [0.29, 0.717) is 11.3 Å². The number of hydrogen-bond acceptors (Lipinski definition) is 0. The molecule has 1 rings (SSSR count). The molecule has 0 aromatic rings. The van der Waals surface area contributed by atoms with Crippen molar-refractivity contribution in [3.05, 3.63) is 37.0 Å². The van der Waals surface area contributed by atoms with E-state index >= 15 is 0 Å². The van der Waals surface area contributed by atoms with Gasteiger partial charge in [-0.15, -0.1) is 11.6 Å². The Morgan fingerprint density at radius 3 is 2.87 bits per heavy atom. The Hall–Kier alpha value is -0.930. The van der Waals surface area contributed by atoms with Gasteiger partial charge in [0.1, 0.15) is 0 Å². The molecule has 1 aliphatic carbocycles. The van der Waals surface area contributed by atoms with Crippen molar-refractivity contribution in [1.29, 1.82) is 0 Å². The minimum atomic E-state index is 0.341. The molecule has 15 heavy (non-hydrogen) atoms. The Bertz CT molecular complexity index is 314. The third kappa shape index (κ3) is 4.91. The second kappa shape index (κ2) is 6.53. The number of halogens is 1. The van der Waals surface area contributed by atoms with Crippen molar-refractivity contribution in [2.45, 2.75) is 31.1 Å². The van der Waals surface area contributed by atoms with Crippen LogP contribution in [0, 0.1) is 17.8 Å². The van der Waals surface area contributed by atoms with Gasteiger partial charge in [0.15, 0.2) is 0 Å². The van der Waals surface area contributed by atoms with Gasteiger partial charge >= 0.3 is 0 Å². The molecule has 0 aliphatic heterocycles. The van der Waals surface area contributed by atoms with Crippen LogP contribution >= 0.6 is 11.6 Å². The van der Waals surface area contributed by atoms with E-state index in [0.717, 1.165) is 31.3 Å². The summed E-state index contributed by atoms with van der Waals surface area (Å²) in [5.74, 6) is 6.93. The maximum absolute atomic E-state index is 6.01. The summed E-state index contributed by atoms with van der Waals surface area (Å²) >= 11 is 6.01. The summed E-state index contributed by atoms with van der Waals surface area (Å²) in [5.41, 5.74) is 1.03. The Labute approximate surface area is 97.7 Å². The van der Waals surface area contributed by atoms with Crippen molar-refractivity contribution in [2.24, 2.45) is 5.92 Å². The van der Waals surface area contributed by atoms with E-state index in [4.69, 9.17) is 11.6 Å². The molecule has 0 saturated heterocycles. The molecule has 0 spiro atoms. The highest BCUT2D eigenvalue weighted by Gasteiger charge is 2.20. The number of allylic oxidation sites excluding steroid dienone is 4. The van der Waals surface area contributed by atoms with E-state index in [9.17, 15) is 0 Å². The van der Waals surface area contributed by atoms with E-state index in [-0.39, 0.29) is 0 Å². The van der Waals surface area contributed by atoms with Crippen molar-refractivity contribution in [3.8, 4) is 11.8 Å². The first-order valence-corrected chi connectivity index (χ1v) is 5.75. The first-order chi connectivity index (χ1) is 7.22. The summed E-state index contributed by atoms with van der Waals surface area (Å²) in [5, 5.41) is 0.341. The van der Waals surface area contributed by atoms with Gasteiger partial charge in [-0.3, -0.25) is 0 Å². The van der Waals surface area contributed by atoms with Crippen LogP contribution < -0.4 is 0 Å². The summed E-state index contributed by atoms with van der Waals surface area (Å²) in [7, 11) is 0. The predicted octanol–water partition coefficient (Wildman–Crippen LogP) is 4.09. The molecule has 0 radical (unpaired) electrons. The molecule has 1 fully saturated rings. The molecule has 0 amide bonds. The zero-order valence-electron chi connectivity index (χ0n) is 9.01. The molecular weight excluding hydrogens is 204 g/mol. The highest BCUT2D eigenvalue weighted by Crippen LogP contribution is 2.28. The van der Waals surface area contributed by atoms with Crippen LogP contribution in [0.3, 0.4) is 0 Å². The van der Waals surface area contributed by atoms with Crippen molar-refractivity contribution in [1.82, 2.24) is 0 Å². The fourth-order valence-corrected chi connectivity index (χ4v) is 1.97. The molecule has 0 nitrogen and oxygen atoms in total. The summed E-state index contributed by atoms with van der Waals surface area (Å²) < 4.78 is 0. The zero-order chi connectivity index (χ0) is 11.1. The molecule has 2 atom stereocenters. The SMILES string of the molecule is C=C/C=C\C(=C)CC#CC1CCC(Cl)C1. The van der Waals surface area contributed by atoms with E-state index < -0.39 is 0 Å². The number of hydrogen-bond donors (Lipinski definition) is 0. The first kappa shape index (κ1) is 12.1. The van der Waals surface area contributed by atoms with Crippen LogP contribution in [0.1, 0.15) is 25.7 Å². The third-order valence-corrected chi connectivity index (χ3v) is 2.85. The zero-order valence-corrected chi connectivity index (χ0v) is 9.76. The second-order valence-corrected chi connectivity index (χ2v) is 4.48. The van der Waals surface area contributed by atoms with Gasteiger partial charge in [-0.2, -0.15) is 0 Å². The Kier molecular flexibility index (Phi) is 5.29. The third-order valence-electron chi connectivity index (χ3n) is 2.46. The lowest BCUT2D eigenvalue weighted by atomic mass is 10.1. The predicted molar refractivity (Wildman–Crippen MR) is 67.9 cm³/mol. The molecule has 80 valence electrons. The molecule has 0 heterocycles. The van der Waals surface area contributed by atoms with Crippen molar-refractivity contribution in [2.75, 3.05) is 0 Å². The molecule has 0 aromatic heterocycles. The lowest BCUT2D eigenvalue weighted by Gasteiger charge is -1.97. The van der Waals surface area contributed by atoms with Gasteiger partial charge in [0.05, 0.1) is 0 Å².